The lowest BCUT2D eigenvalue weighted by Crippen LogP contribution is -2.45. The second-order valence-corrected chi connectivity index (χ2v) is 4.44. The predicted octanol–water partition coefficient (Wildman–Crippen LogP) is 2.00. The highest BCUT2D eigenvalue weighted by molar-refractivity contribution is 5.87. The van der Waals surface area contributed by atoms with Crippen molar-refractivity contribution in [1.29, 1.82) is 0 Å². The minimum Gasteiger partial charge on any atom is -0.472 e. The highest BCUT2D eigenvalue weighted by Crippen LogP contribution is 2.41. The molecule has 2 aromatic rings. The third kappa shape index (κ3) is 1.48. The Labute approximate surface area is 105 Å². The zero-order valence-electron chi connectivity index (χ0n) is 9.80. The molecule has 0 spiro atoms. The van der Waals surface area contributed by atoms with Crippen molar-refractivity contribution in [2.24, 2.45) is 5.73 Å². The molecular weight excluding hydrogens is 226 g/mol. The van der Waals surface area contributed by atoms with Crippen LogP contribution >= 0.6 is 0 Å². The van der Waals surface area contributed by atoms with Crippen LogP contribution < -0.4 is 10.5 Å². The highest BCUT2D eigenvalue weighted by atomic mass is 16.5. The molecule has 1 amide bonds. The van der Waals surface area contributed by atoms with Crippen molar-refractivity contribution < 1.29 is 9.53 Å². The molecule has 90 valence electrons. The van der Waals surface area contributed by atoms with Crippen molar-refractivity contribution in [2.75, 3.05) is 0 Å². The van der Waals surface area contributed by atoms with Crippen LogP contribution in [0.25, 0.3) is 0 Å². The zero-order chi connectivity index (χ0) is 12.6. The Bertz CT molecular complexity index is 567. The molecule has 1 aliphatic rings. The first-order valence-electron chi connectivity index (χ1n) is 5.85. The van der Waals surface area contributed by atoms with Crippen LogP contribution in [0.4, 0.5) is 0 Å². The van der Waals surface area contributed by atoms with Crippen LogP contribution in [0.3, 0.4) is 0 Å². The maximum absolute atomic E-state index is 11.9. The first-order chi connectivity index (χ1) is 8.72. The number of carbonyl (C=O) groups is 1. The van der Waals surface area contributed by atoms with E-state index in [1.165, 1.54) is 0 Å². The number of amides is 1. The van der Waals surface area contributed by atoms with E-state index in [0.29, 0.717) is 6.42 Å². The van der Waals surface area contributed by atoms with Crippen molar-refractivity contribution in [2.45, 2.75) is 12.0 Å². The third-order valence-corrected chi connectivity index (χ3v) is 3.33. The van der Waals surface area contributed by atoms with E-state index in [2.05, 4.69) is 0 Å². The maximum atomic E-state index is 11.9. The molecule has 0 radical (unpaired) electrons. The number of hydrogen-bond acceptors (Lipinski definition) is 2. The molecule has 18 heavy (non-hydrogen) atoms. The molecule has 1 aliphatic heterocycles. The van der Waals surface area contributed by atoms with Gasteiger partial charge in [0.25, 0.3) is 5.91 Å². The van der Waals surface area contributed by atoms with E-state index >= 15 is 0 Å². The second-order valence-electron chi connectivity index (χ2n) is 4.44. The van der Waals surface area contributed by atoms with E-state index in [-0.39, 0.29) is 0 Å². The van der Waals surface area contributed by atoms with Crippen molar-refractivity contribution >= 4 is 5.91 Å². The van der Waals surface area contributed by atoms with Gasteiger partial charge in [0.05, 0.1) is 0 Å². The van der Waals surface area contributed by atoms with Crippen LogP contribution in [0, 0.1) is 0 Å². The van der Waals surface area contributed by atoms with Gasteiger partial charge in [-0.05, 0) is 11.6 Å². The number of hydrogen-bond donors (Lipinski definition) is 1. The van der Waals surface area contributed by atoms with Gasteiger partial charge in [-0.3, -0.25) is 4.79 Å². The smallest absolute Gasteiger partial charge is 0.266 e. The van der Waals surface area contributed by atoms with E-state index in [9.17, 15) is 4.79 Å². The summed E-state index contributed by atoms with van der Waals surface area (Å²) in [5.41, 5.74) is 6.33. The summed E-state index contributed by atoms with van der Waals surface area (Å²) in [5, 5.41) is 0. The molecule has 1 heterocycles. The Balaban J connectivity index is 2.11. The third-order valence-electron chi connectivity index (χ3n) is 3.33. The van der Waals surface area contributed by atoms with E-state index in [1.54, 1.807) is 0 Å². The standard InChI is InChI=1S/C15H13NO2/c16-14(17)15(12-7-2-1-3-8-12)10-11-6-4-5-9-13(11)18-15/h1-9H,10H2,(H2,16,17). The molecule has 0 aromatic heterocycles. The summed E-state index contributed by atoms with van der Waals surface area (Å²) in [6.07, 6.45) is 0.489. The highest BCUT2D eigenvalue weighted by Gasteiger charge is 2.46. The number of carbonyl (C=O) groups excluding carboxylic acids is 1. The summed E-state index contributed by atoms with van der Waals surface area (Å²) in [6, 6.07) is 17.1. The fraction of sp³-hybridized carbons (Fsp3) is 0.133. The summed E-state index contributed by atoms with van der Waals surface area (Å²) < 4.78 is 5.87. The molecule has 3 nitrogen and oxygen atoms in total. The number of nitrogens with two attached hydrogens (primary N) is 1. The van der Waals surface area contributed by atoms with Gasteiger partial charge in [0.15, 0.2) is 0 Å². The van der Waals surface area contributed by atoms with Crippen molar-refractivity contribution in [1.82, 2.24) is 0 Å². The molecule has 0 bridgehead atoms. The number of benzene rings is 2. The Kier molecular flexibility index (Phi) is 2.33. The molecule has 0 saturated heterocycles. The number of ether oxygens (including phenoxy) is 1. The lowest BCUT2D eigenvalue weighted by molar-refractivity contribution is -0.132. The van der Waals surface area contributed by atoms with Crippen molar-refractivity contribution in [3.63, 3.8) is 0 Å². The van der Waals surface area contributed by atoms with Gasteiger partial charge < -0.3 is 10.5 Å². The quantitative estimate of drug-likeness (QED) is 0.871. The van der Waals surface area contributed by atoms with Crippen molar-refractivity contribution in [3.05, 3.63) is 65.7 Å². The summed E-state index contributed by atoms with van der Waals surface area (Å²) in [5.74, 6) is 0.282. The van der Waals surface area contributed by atoms with E-state index in [1.807, 2.05) is 54.6 Å². The summed E-state index contributed by atoms with van der Waals surface area (Å²) in [4.78, 5) is 11.9. The summed E-state index contributed by atoms with van der Waals surface area (Å²) >= 11 is 0. The van der Waals surface area contributed by atoms with Crippen molar-refractivity contribution in [3.8, 4) is 5.75 Å². The van der Waals surface area contributed by atoms with Crippen LogP contribution in [0.5, 0.6) is 5.75 Å². The Morgan fingerprint density at radius 3 is 2.39 bits per heavy atom. The van der Waals surface area contributed by atoms with Crippen LogP contribution in [0.15, 0.2) is 54.6 Å². The molecule has 0 fully saturated rings. The van der Waals surface area contributed by atoms with Crippen LogP contribution in [0.1, 0.15) is 11.1 Å². The molecule has 2 N–H and O–H groups in total. The van der Waals surface area contributed by atoms with Gasteiger partial charge in [-0.25, -0.2) is 0 Å². The van der Waals surface area contributed by atoms with Gasteiger partial charge in [-0.1, -0.05) is 48.5 Å². The zero-order valence-corrected chi connectivity index (χ0v) is 9.80. The van der Waals surface area contributed by atoms with E-state index < -0.39 is 11.5 Å². The molecule has 3 rings (SSSR count). The van der Waals surface area contributed by atoms with Crippen LogP contribution in [-0.2, 0) is 16.8 Å². The Morgan fingerprint density at radius 1 is 1.06 bits per heavy atom. The molecule has 0 saturated carbocycles. The summed E-state index contributed by atoms with van der Waals surface area (Å²) in [6.45, 7) is 0. The topological polar surface area (TPSA) is 52.3 Å². The number of fused-ring (bicyclic) bond motifs is 1. The average Bonchev–Trinajstić information content (AvgIpc) is 2.80. The van der Waals surface area contributed by atoms with Gasteiger partial charge in [-0.2, -0.15) is 0 Å². The maximum Gasteiger partial charge on any atom is 0.266 e. The normalized spacial score (nSPS) is 21.1. The molecule has 1 unspecified atom stereocenters. The summed E-state index contributed by atoms with van der Waals surface area (Å²) in [7, 11) is 0. The fourth-order valence-corrected chi connectivity index (χ4v) is 2.39. The SMILES string of the molecule is NC(=O)C1(c2ccccc2)Cc2ccccc2O1. The molecule has 2 aromatic carbocycles. The van der Waals surface area contributed by atoms with Gasteiger partial charge in [0.2, 0.25) is 5.60 Å². The Morgan fingerprint density at radius 2 is 1.72 bits per heavy atom. The monoisotopic (exact) mass is 239 g/mol. The molecule has 1 atom stereocenters. The molecule has 3 heteroatoms. The number of para-hydroxylation sites is 1. The first-order valence-corrected chi connectivity index (χ1v) is 5.85. The fourth-order valence-electron chi connectivity index (χ4n) is 2.39. The molecule has 0 aliphatic carbocycles. The first kappa shape index (κ1) is 10.8. The van der Waals surface area contributed by atoms with Gasteiger partial charge in [0, 0.05) is 12.0 Å². The Hall–Kier alpha value is -2.29. The lowest BCUT2D eigenvalue weighted by Gasteiger charge is -2.25. The average molecular weight is 239 g/mol. The second kappa shape index (κ2) is 3.88. The predicted molar refractivity (Wildman–Crippen MR) is 68.1 cm³/mol. The van der Waals surface area contributed by atoms with Gasteiger partial charge in [-0.15, -0.1) is 0 Å². The minimum atomic E-state index is -1.06. The van der Waals surface area contributed by atoms with E-state index in [0.717, 1.165) is 16.9 Å². The van der Waals surface area contributed by atoms with Gasteiger partial charge in [0.1, 0.15) is 5.75 Å². The number of primary amides is 1. The van der Waals surface area contributed by atoms with E-state index in [4.69, 9.17) is 10.5 Å². The minimum absolute atomic E-state index is 0.454. The van der Waals surface area contributed by atoms with Crippen LogP contribution in [-0.4, -0.2) is 5.91 Å². The molecular formula is C15H13NO2. The lowest BCUT2D eigenvalue weighted by atomic mass is 9.88. The van der Waals surface area contributed by atoms with Gasteiger partial charge >= 0.3 is 0 Å². The number of rotatable bonds is 2. The largest absolute Gasteiger partial charge is 0.472 e. The van der Waals surface area contributed by atoms with Crippen LogP contribution in [0.2, 0.25) is 0 Å².